The highest BCUT2D eigenvalue weighted by Gasteiger charge is 2.30. The number of nitrogens with zero attached hydrogens (tertiary/aromatic N) is 5. The fourth-order valence-electron chi connectivity index (χ4n) is 3.40. The van der Waals surface area contributed by atoms with Gasteiger partial charge in [-0.05, 0) is 38.0 Å². The average Bonchev–Trinajstić information content (AvgIpc) is 3.26. The van der Waals surface area contributed by atoms with E-state index in [9.17, 15) is 13.2 Å². The Morgan fingerprint density at radius 3 is 2.52 bits per heavy atom. The summed E-state index contributed by atoms with van der Waals surface area (Å²) in [6, 6.07) is 5.62. The summed E-state index contributed by atoms with van der Waals surface area (Å²) in [6.07, 6.45) is -3.36. The van der Waals surface area contributed by atoms with E-state index in [0.717, 1.165) is 61.4 Å². The van der Waals surface area contributed by atoms with Gasteiger partial charge < -0.3 is 15.2 Å². The number of guanidine groups is 1. The lowest BCUT2D eigenvalue weighted by atomic mass is 10.1. The quantitative estimate of drug-likeness (QED) is 0.328. The average molecular weight is 551 g/mol. The number of likely N-dealkylation sites (tertiary alicyclic amines) is 1. The molecule has 1 unspecified atom stereocenters. The number of aromatic nitrogens is 3. The van der Waals surface area contributed by atoms with Crippen LogP contribution in [0, 0.1) is 6.92 Å². The van der Waals surface area contributed by atoms with Crippen molar-refractivity contribution in [3.8, 4) is 0 Å². The molecule has 0 spiro atoms. The summed E-state index contributed by atoms with van der Waals surface area (Å²) in [5.41, 5.74) is 0.263. The SMILES string of the molecule is CCNC(=NCc1nnc(C)n1C)NC1CCN(Cc2ccc(C(F)(F)F)cc2)C1.I. The summed E-state index contributed by atoms with van der Waals surface area (Å²) >= 11 is 0. The Labute approximate surface area is 197 Å². The molecule has 7 nitrogen and oxygen atoms in total. The van der Waals surface area contributed by atoms with Gasteiger partial charge in [-0.3, -0.25) is 4.90 Å². The molecule has 2 N–H and O–H groups in total. The predicted molar refractivity (Wildman–Crippen MR) is 124 cm³/mol. The van der Waals surface area contributed by atoms with E-state index in [1.807, 2.05) is 25.5 Å². The van der Waals surface area contributed by atoms with Gasteiger partial charge in [0, 0.05) is 39.3 Å². The fourth-order valence-corrected chi connectivity index (χ4v) is 3.40. The van der Waals surface area contributed by atoms with Crippen LogP contribution in [0.5, 0.6) is 0 Å². The number of hydrogen-bond donors (Lipinski definition) is 2. The molecule has 1 aliphatic heterocycles. The minimum atomic E-state index is -4.30. The second kappa shape index (κ2) is 11.1. The molecule has 1 aromatic carbocycles. The third kappa shape index (κ3) is 7.06. The topological polar surface area (TPSA) is 70.4 Å². The molecule has 1 atom stereocenters. The van der Waals surface area contributed by atoms with E-state index < -0.39 is 11.7 Å². The van der Waals surface area contributed by atoms with Gasteiger partial charge in [0.25, 0.3) is 0 Å². The number of aryl methyl sites for hydroxylation is 1. The van der Waals surface area contributed by atoms with E-state index in [1.165, 1.54) is 0 Å². The van der Waals surface area contributed by atoms with Crippen molar-refractivity contribution in [1.82, 2.24) is 30.3 Å². The van der Waals surface area contributed by atoms with Crippen molar-refractivity contribution < 1.29 is 13.2 Å². The molecule has 0 bridgehead atoms. The smallest absolute Gasteiger partial charge is 0.357 e. The standard InChI is InChI=1S/C20H28F3N7.HI/c1-4-24-19(25-11-18-28-27-14(2)29(18)3)26-17-9-10-30(13-17)12-15-5-7-16(8-6-15)20(21,22)23;/h5-8,17H,4,9-13H2,1-3H3,(H2,24,25,26);1H. The molecule has 31 heavy (non-hydrogen) atoms. The molecule has 11 heteroatoms. The zero-order chi connectivity index (χ0) is 21.7. The van der Waals surface area contributed by atoms with Crippen LogP contribution in [0.25, 0.3) is 0 Å². The molecule has 1 fully saturated rings. The van der Waals surface area contributed by atoms with Gasteiger partial charge in [-0.2, -0.15) is 13.2 Å². The van der Waals surface area contributed by atoms with Gasteiger partial charge in [0.2, 0.25) is 0 Å². The molecule has 1 saturated heterocycles. The number of nitrogens with one attached hydrogen (secondary N) is 2. The molecule has 172 valence electrons. The summed E-state index contributed by atoms with van der Waals surface area (Å²) < 4.78 is 40.0. The molecule has 1 aromatic heterocycles. The number of rotatable bonds is 6. The Morgan fingerprint density at radius 2 is 1.94 bits per heavy atom. The van der Waals surface area contributed by atoms with Crippen molar-refractivity contribution in [2.24, 2.45) is 12.0 Å². The van der Waals surface area contributed by atoms with Crippen LogP contribution >= 0.6 is 24.0 Å². The lowest BCUT2D eigenvalue weighted by Gasteiger charge is -2.19. The summed E-state index contributed by atoms with van der Waals surface area (Å²) in [5.74, 6) is 2.35. The number of alkyl halides is 3. The molecule has 2 aromatic rings. The zero-order valence-electron chi connectivity index (χ0n) is 17.9. The number of aliphatic imine (C=N–C) groups is 1. The predicted octanol–water partition coefficient (Wildman–Crippen LogP) is 3.09. The van der Waals surface area contributed by atoms with Crippen molar-refractivity contribution in [2.75, 3.05) is 19.6 Å². The van der Waals surface area contributed by atoms with E-state index in [1.54, 1.807) is 12.1 Å². The molecule has 0 radical (unpaired) electrons. The molecular formula is C20H29F3IN7. The van der Waals surface area contributed by atoms with Gasteiger partial charge >= 0.3 is 6.18 Å². The minimum Gasteiger partial charge on any atom is -0.357 e. The van der Waals surface area contributed by atoms with E-state index in [0.29, 0.717) is 13.1 Å². The van der Waals surface area contributed by atoms with E-state index in [-0.39, 0.29) is 30.0 Å². The fraction of sp³-hybridized carbons (Fsp3) is 0.550. The molecule has 0 saturated carbocycles. The molecule has 0 aliphatic carbocycles. The summed E-state index contributed by atoms with van der Waals surface area (Å²) in [6.45, 7) is 7.38. The normalized spacial score (nSPS) is 17.5. The number of benzene rings is 1. The number of hydrogen-bond acceptors (Lipinski definition) is 4. The van der Waals surface area contributed by atoms with Gasteiger partial charge in [-0.25, -0.2) is 4.99 Å². The van der Waals surface area contributed by atoms with Crippen molar-refractivity contribution >= 4 is 29.9 Å². The Kier molecular flexibility index (Phi) is 9.10. The van der Waals surface area contributed by atoms with Crippen molar-refractivity contribution in [3.05, 3.63) is 47.0 Å². The molecule has 2 heterocycles. The van der Waals surface area contributed by atoms with Crippen molar-refractivity contribution in [2.45, 2.75) is 45.6 Å². The first-order chi connectivity index (χ1) is 14.3. The van der Waals surface area contributed by atoms with Gasteiger partial charge in [0.1, 0.15) is 12.4 Å². The van der Waals surface area contributed by atoms with Gasteiger partial charge in [-0.15, -0.1) is 34.2 Å². The van der Waals surface area contributed by atoms with Crippen LogP contribution < -0.4 is 10.6 Å². The van der Waals surface area contributed by atoms with E-state index in [4.69, 9.17) is 0 Å². The van der Waals surface area contributed by atoms with Crippen molar-refractivity contribution in [3.63, 3.8) is 0 Å². The van der Waals surface area contributed by atoms with Crippen LogP contribution in [0.15, 0.2) is 29.3 Å². The Hall–Kier alpha value is -1.89. The van der Waals surface area contributed by atoms with Gasteiger partial charge in [0.15, 0.2) is 11.8 Å². The Morgan fingerprint density at radius 1 is 1.23 bits per heavy atom. The van der Waals surface area contributed by atoms with Crippen molar-refractivity contribution in [1.29, 1.82) is 0 Å². The van der Waals surface area contributed by atoms with Crippen LogP contribution in [-0.2, 0) is 26.3 Å². The second-order valence-electron chi connectivity index (χ2n) is 7.48. The highest BCUT2D eigenvalue weighted by Crippen LogP contribution is 2.29. The summed E-state index contributed by atoms with van der Waals surface area (Å²) in [7, 11) is 1.91. The minimum absolute atomic E-state index is 0. The van der Waals surface area contributed by atoms with Gasteiger partial charge in [-0.1, -0.05) is 12.1 Å². The first-order valence-electron chi connectivity index (χ1n) is 10.0. The summed E-state index contributed by atoms with van der Waals surface area (Å²) in [5, 5.41) is 14.9. The zero-order valence-corrected chi connectivity index (χ0v) is 20.2. The lowest BCUT2D eigenvalue weighted by molar-refractivity contribution is -0.137. The monoisotopic (exact) mass is 551 g/mol. The van der Waals surface area contributed by atoms with Crippen LogP contribution in [0.4, 0.5) is 13.2 Å². The van der Waals surface area contributed by atoms with Crippen LogP contribution in [-0.4, -0.2) is 51.3 Å². The molecule has 0 amide bonds. The first kappa shape index (κ1) is 25.4. The maximum atomic E-state index is 12.7. The summed E-state index contributed by atoms with van der Waals surface area (Å²) in [4.78, 5) is 6.84. The van der Waals surface area contributed by atoms with Crippen LogP contribution in [0.2, 0.25) is 0 Å². The third-order valence-electron chi connectivity index (χ3n) is 5.21. The van der Waals surface area contributed by atoms with Gasteiger partial charge in [0.05, 0.1) is 5.56 Å². The molecule has 3 rings (SSSR count). The maximum Gasteiger partial charge on any atom is 0.416 e. The van der Waals surface area contributed by atoms with Crippen LogP contribution in [0.3, 0.4) is 0 Å². The van der Waals surface area contributed by atoms with E-state index in [2.05, 4.69) is 30.7 Å². The lowest BCUT2D eigenvalue weighted by Crippen LogP contribution is -2.44. The van der Waals surface area contributed by atoms with E-state index >= 15 is 0 Å². The van der Waals surface area contributed by atoms with Crippen LogP contribution in [0.1, 0.15) is 36.1 Å². The highest BCUT2D eigenvalue weighted by atomic mass is 127. The Bertz CT molecular complexity index is 865. The third-order valence-corrected chi connectivity index (χ3v) is 5.21. The Balaban J connectivity index is 0.00000341. The largest absolute Gasteiger partial charge is 0.416 e. The number of halogens is 4. The first-order valence-corrected chi connectivity index (χ1v) is 10.0. The second-order valence-corrected chi connectivity index (χ2v) is 7.48. The highest BCUT2D eigenvalue weighted by molar-refractivity contribution is 14.0. The molecule has 1 aliphatic rings. The molecular weight excluding hydrogens is 522 g/mol. The maximum absolute atomic E-state index is 12.7.